The van der Waals surface area contributed by atoms with Gasteiger partial charge in [0.25, 0.3) is 0 Å². The molecule has 8 nitrogen and oxygen atoms in total. The van der Waals surface area contributed by atoms with Crippen LogP contribution in [0.4, 0.5) is 0 Å². The molecule has 0 aliphatic heterocycles. The number of carboxylic acids is 1. The lowest BCUT2D eigenvalue weighted by Crippen LogP contribution is -2.50. The number of aliphatic carboxylic acids is 1. The molecule has 0 radical (unpaired) electrons. The Morgan fingerprint density at radius 3 is 1.11 bits per heavy atom. The van der Waals surface area contributed by atoms with Crippen molar-refractivity contribution in [1.29, 1.82) is 0 Å². The van der Waals surface area contributed by atoms with Gasteiger partial charge in [0.15, 0.2) is 12.1 Å². The summed E-state index contributed by atoms with van der Waals surface area (Å²) in [5.74, 6) is -1.53. The molecule has 0 aromatic heterocycles. The van der Waals surface area contributed by atoms with Crippen LogP contribution in [0.2, 0.25) is 0 Å². The second-order valence-electron chi connectivity index (χ2n) is 18.7. The number of hydrogen-bond acceptors (Lipinski definition) is 6. The van der Waals surface area contributed by atoms with Crippen LogP contribution in [0.3, 0.4) is 0 Å². The third-order valence-corrected chi connectivity index (χ3v) is 11.3. The van der Waals surface area contributed by atoms with Gasteiger partial charge < -0.3 is 23.8 Å². The average Bonchev–Trinajstić information content (AvgIpc) is 3.33. The number of carboxylic acid groups (broad SMARTS) is 1. The van der Waals surface area contributed by atoms with Crippen molar-refractivity contribution in [3.8, 4) is 0 Å². The number of likely N-dealkylation sites (N-methyl/N-ethyl adjacent to an activating group) is 1. The Balaban J connectivity index is 4.33. The van der Waals surface area contributed by atoms with Crippen LogP contribution in [0.25, 0.3) is 0 Å². The van der Waals surface area contributed by atoms with Crippen LogP contribution in [0, 0.1) is 0 Å². The van der Waals surface area contributed by atoms with Gasteiger partial charge in [-0.2, -0.15) is 0 Å². The lowest BCUT2D eigenvalue weighted by Gasteiger charge is -2.31. The Morgan fingerprint density at radius 1 is 0.429 bits per heavy atom. The molecule has 0 aliphatic carbocycles. The Hall–Kier alpha value is -4.53. The Morgan fingerprint density at radius 2 is 0.757 bits per heavy atom. The minimum Gasteiger partial charge on any atom is -0.477 e. The minimum absolute atomic E-state index is 0.0384. The van der Waals surface area contributed by atoms with E-state index in [2.05, 4.69) is 148 Å². The average molecular weight is 971 g/mol. The predicted molar refractivity (Wildman–Crippen MR) is 298 cm³/mol. The van der Waals surface area contributed by atoms with Crippen LogP contribution in [-0.4, -0.2) is 80.6 Å². The highest BCUT2D eigenvalue weighted by Crippen LogP contribution is 2.13. The minimum atomic E-state index is -0.886. The fraction of sp³-hybridized carbons (Fsp3) is 0.597. The molecule has 0 aliphatic rings. The van der Waals surface area contributed by atoms with E-state index in [4.69, 9.17) is 14.2 Å². The highest BCUT2D eigenvalue weighted by atomic mass is 16.6. The molecule has 0 heterocycles. The zero-order chi connectivity index (χ0) is 51.3. The molecule has 0 bridgehead atoms. The van der Waals surface area contributed by atoms with Gasteiger partial charge in [-0.05, 0) is 109 Å². The molecular formula is C62H100NO7+. The highest BCUT2D eigenvalue weighted by Gasteiger charge is 2.31. The molecular weight excluding hydrogens is 871 g/mol. The lowest BCUT2D eigenvalue weighted by atomic mass is 10.1. The Bertz CT molecular complexity index is 1600. The van der Waals surface area contributed by atoms with Crippen molar-refractivity contribution >= 4 is 17.9 Å². The summed E-state index contributed by atoms with van der Waals surface area (Å²) in [6.07, 6.45) is 73.6. The molecule has 0 spiro atoms. The first-order chi connectivity index (χ1) is 34.1. The van der Waals surface area contributed by atoms with Crippen molar-refractivity contribution in [2.24, 2.45) is 0 Å². The van der Waals surface area contributed by atoms with Gasteiger partial charge in [-0.1, -0.05) is 192 Å². The lowest BCUT2D eigenvalue weighted by molar-refractivity contribution is -0.887. The summed E-state index contributed by atoms with van der Waals surface area (Å²) in [6, 6.07) is -0.631. The van der Waals surface area contributed by atoms with E-state index in [1.54, 1.807) is 0 Å². The summed E-state index contributed by atoms with van der Waals surface area (Å²) < 4.78 is 17.3. The van der Waals surface area contributed by atoms with Crippen LogP contribution >= 0.6 is 0 Å². The maximum atomic E-state index is 12.8. The first kappa shape index (κ1) is 65.5. The second kappa shape index (κ2) is 50.8. The fourth-order valence-electron chi connectivity index (χ4n) is 7.18. The number of carbonyl (C=O) groups is 3. The van der Waals surface area contributed by atoms with Crippen molar-refractivity contribution in [2.45, 2.75) is 199 Å². The van der Waals surface area contributed by atoms with Crippen molar-refractivity contribution in [3.63, 3.8) is 0 Å². The number of unbranched alkanes of at least 4 members (excludes halogenated alkanes) is 11. The second-order valence-corrected chi connectivity index (χ2v) is 18.7. The predicted octanol–water partition coefficient (Wildman–Crippen LogP) is 16.3. The standard InChI is InChI=1S/C62H99NO7/c1-6-8-10-12-14-16-18-20-22-24-26-28-30-32-34-36-38-40-42-44-46-48-50-52-60(64)69-57-58(56-68-55-54-59(62(66)67)63(3,4)5)70-61(65)53-51-49-47-45-43-41-39-37-35-33-31-29-27-25-23-21-19-17-15-13-11-9-7-2/h8-11,14-17,20-23,26-29,32-35,38,40,58-59H,6-7,12-13,18-19,24-25,30-31,36-37,39,41-57H2,1-5H3/p+1/b10-8+,11-9+,16-14+,17-15+,22-20+,23-21+,28-26+,29-27+,34-32+,35-33+,40-38+. The van der Waals surface area contributed by atoms with Crippen molar-refractivity contribution in [2.75, 3.05) is 41.0 Å². The first-order valence-electron chi connectivity index (χ1n) is 27.2. The maximum absolute atomic E-state index is 12.8. The maximum Gasteiger partial charge on any atom is 0.362 e. The van der Waals surface area contributed by atoms with Crippen LogP contribution in [0.5, 0.6) is 0 Å². The Labute approximate surface area is 428 Å². The van der Waals surface area contributed by atoms with Gasteiger partial charge in [-0.15, -0.1) is 0 Å². The molecule has 394 valence electrons. The molecule has 1 N–H and O–H groups in total. The number of carbonyl (C=O) groups excluding carboxylic acids is 2. The number of quaternary nitrogens is 1. The van der Waals surface area contributed by atoms with E-state index < -0.39 is 18.1 Å². The summed E-state index contributed by atoms with van der Waals surface area (Å²) >= 11 is 0. The zero-order valence-corrected chi connectivity index (χ0v) is 44.9. The van der Waals surface area contributed by atoms with E-state index in [-0.39, 0.29) is 36.2 Å². The molecule has 0 saturated carbocycles. The molecule has 0 rings (SSSR count). The molecule has 0 fully saturated rings. The normalized spacial score (nSPS) is 13.9. The van der Waals surface area contributed by atoms with E-state index >= 15 is 0 Å². The molecule has 2 atom stereocenters. The van der Waals surface area contributed by atoms with Gasteiger partial charge in [0.1, 0.15) is 6.61 Å². The first-order valence-corrected chi connectivity index (χ1v) is 27.2. The van der Waals surface area contributed by atoms with Crippen LogP contribution in [0.1, 0.15) is 187 Å². The molecule has 2 unspecified atom stereocenters. The third kappa shape index (κ3) is 48.5. The molecule has 0 saturated heterocycles. The molecule has 0 amide bonds. The van der Waals surface area contributed by atoms with Crippen molar-refractivity contribution in [3.05, 3.63) is 134 Å². The molecule has 0 aromatic carbocycles. The fourth-order valence-corrected chi connectivity index (χ4v) is 7.18. The van der Waals surface area contributed by atoms with E-state index in [0.29, 0.717) is 19.3 Å². The van der Waals surface area contributed by atoms with Gasteiger partial charge in [0.05, 0.1) is 34.4 Å². The van der Waals surface area contributed by atoms with Gasteiger partial charge in [-0.3, -0.25) is 9.59 Å². The largest absolute Gasteiger partial charge is 0.477 e. The quantitative estimate of drug-likeness (QED) is 0.0281. The van der Waals surface area contributed by atoms with Gasteiger partial charge >= 0.3 is 17.9 Å². The summed E-state index contributed by atoms with van der Waals surface area (Å²) in [6.45, 7) is 4.46. The highest BCUT2D eigenvalue weighted by molar-refractivity contribution is 5.72. The van der Waals surface area contributed by atoms with Crippen molar-refractivity contribution in [1.82, 2.24) is 0 Å². The van der Waals surface area contributed by atoms with E-state index in [9.17, 15) is 19.5 Å². The number of rotatable bonds is 47. The molecule has 8 heteroatoms. The zero-order valence-electron chi connectivity index (χ0n) is 44.9. The SMILES string of the molecule is CC/C=C/C/C=C/C/C=C/C/C=C/C/C=C/C/C=C/CCCCCCC(=O)OCC(COCCC(C(=O)O)[N+](C)(C)C)OC(=O)CCCCCCCCC/C=C/C/C=C/C/C=C/C/C=C/C/C=C/CC. The van der Waals surface area contributed by atoms with Crippen molar-refractivity contribution < 1.29 is 38.2 Å². The van der Waals surface area contributed by atoms with Gasteiger partial charge in [0, 0.05) is 19.3 Å². The van der Waals surface area contributed by atoms with Gasteiger partial charge in [0.2, 0.25) is 0 Å². The van der Waals surface area contributed by atoms with E-state index in [1.807, 2.05) is 21.1 Å². The summed E-state index contributed by atoms with van der Waals surface area (Å²) in [7, 11) is 5.51. The van der Waals surface area contributed by atoms with Crippen LogP contribution in [-0.2, 0) is 28.6 Å². The van der Waals surface area contributed by atoms with Gasteiger partial charge in [-0.25, -0.2) is 4.79 Å². The summed E-state index contributed by atoms with van der Waals surface area (Å²) in [5, 5.41) is 9.67. The molecule has 70 heavy (non-hydrogen) atoms. The summed E-state index contributed by atoms with van der Waals surface area (Å²) in [4.78, 5) is 37.3. The van der Waals surface area contributed by atoms with Crippen LogP contribution in [0.15, 0.2) is 134 Å². The monoisotopic (exact) mass is 971 g/mol. The van der Waals surface area contributed by atoms with Crippen LogP contribution < -0.4 is 0 Å². The number of nitrogens with zero attached hydrogens (tertiary/aromatic N) is 1. The molecule has 0 aromatic rings. The smallest absolute Gasteiger partial charge is 0.362 e. The number of ether oxygens (including phenoxy) is 3. The number of allylic oxidation sites excluding steroid dienone is 22. The summed E-state index contributed by atoms with van der Waals surface area (Å²) in [5.41, 5.74) is 0. The topological polar surface area (TPSA) is 99.1 Å². The Kier molecular flexibility index (Phi) is 47.6. The third-order valence-electron chi connectivity index (χ3n) is 11.3. The number of esters is 2. The van der Waals surface area contributed by atoms with E-state index in [0.717, 1.165) is 135 Å². The van der Waals surface area contributed by atoms with E-state index in [1.165, 1.54) is 19.3 Å². The number of hydrogen-bond donors (Lipinski definition) is 1.